The number of carbonyl (C=O) groups excluding carboxylic acids is 1. The molecule has 4 rings (SSSR count). The first-order valence-corrected chi connectivity index (χ1v) is 14.0. The maximum absolute atomic E-state index is 12.5. The van der Waals surface area contributed by atoms with Gasteiger partial charge < -0.3 is 34.5 Å². The Morgan fingerprint density at radius 2 is 2.10 bits per heavy atom. The van der Waals surface area contributed by atoms with E-state index in [-0.39, 0.29) is 36.6 Å². The van der Waals surface area contributed by atoms with Crippen molar-refractivity contribution in [2.75, 3.05) is 58.4 Å². The zero-order valence-electron chi connectivity index (χ0n) is 23.4. The molecule has 1 aliphatic heterocycles. The van der Waals surface area contributed by atoms with Crippen molar-refractivity contribution in [1.82, 2.24) is 25.3 Å². The lowest BCUT2D eigenvalue weighted by molar-refractivity contribution is -0.00378. The zero-order valence-corrected chi connectivity index (χ0v) is 24.9. The minimum Gasteiger partial charge on any atom is -0.491 e. The van der Waals surface area contributed by atoms with Crippen molar-refractivity contribution in [3.63, 3.8) is 0 Å². The number of anilines is 1. The van der Waals surface area contributed by atoms with Gasteiger partial charge in [-0.05, 0) is 46.0 Å². The number of nitrogens with zero attached hydrogens (tertiary/aromatic N) is 4. The SMILES string of the molecule is CCOC(=O)N1CCOC[C@@H]1CNc1nc(-c2cc(OC[C@H](O)CNC)ccc2Cl)nc(-c2c(C)noc2C)c1Cl. The van der Waals surface area contributed by atoms with E-state index in [2.05, 4.69) is 15.8 Å². The zero-order chi connectivity index (χ0) is 29.5. The summed E-state index contributed by atoms with van der Waals surface area (Å²) >= 11 is 13.5. The number of aryl methyl sites for hydroxylation is 2. The lowest BCUT2D eigenvalue weighted by atomic mass is 10.1. The second-order valence-electron chi connectivity index (χ2n) is 9.42. The number of aromatic nitrogens is 3. The Morgan fingerprint density at radius 1 is 1.29 bits per heavy atom. The van der Waals surface area contributed by atoms with Gasteiger partial charge in [0.05, 0.1) is 42.1 Å². The molecule has 3 N–H and O–H groups in total. The van der Waals surface area contributed by atoms with E-state index in [1.165, 1.54) is 0 Å². The number of carbonyl (C=O) groups is 1. The molecule has 1 fully saturated rings. The van der Waals surface area contributed by atoms with Crippen molar-refractivity contribution in [1.29, 1.82) is 0 Å². The number of halogens is 2. The number of likely N-dealkylation sites (N-methyl/N-ethyl adjacent to an activating group) is 1. The summed E-state index contributed by atoms with van der Waals surface area (Å²) in [5.41, 5.74) is 2.14. The van der Waals surface area contributed by atoms with Crippen molar-refractivity contribution < 1.29 is 28.6 Å². The normalized spacial score (nSPS) is 16.0. The van der Waals surface area contributed by atoms with Crippen LogP contribution < -0.4 is 15.4 Å². The van der Waals surface area contributed by atoms with Gasteiger partial charge in [0, 0.05) is 25.2 Å². The number of hydrogen-bond acceptors (Lipinski definition) is 11. The number of amides is 1. The molecule has 1 aromatic carbocycles. The lowest BCUT2D eigenvalue weighted by Gasteiger charge is -2.34. The summed E-state index contributed by atoms with van der Waals surface area (Å²) in [6.45, 7) is 7.52. The van der Waals surface area contributed by atoms with Crippen LogP contribution in [0.3, 0.4) is 0 Å². The number of ether oxygens (including phenoxy) is 3. The molecule has 1 saturated heterocycles. The van der Waals surface area contributed by atoms with E-state index in [0.717, 1.165) is 0 Å². The third kappa shape index (κ3) is 7.38. The van der Waals surface area contributed by atoms with Crippen molar-refractivity contribution in [3.05, 3.63) is 39.7 Å². The minimum atomic E-state index is -0.689. The number of rotatable bonds is 11. The van der Waals surface area contributed by atoms with Crippen LogP contribution in [-0.4, -0.2) is 96.5 Å². The van der Waals surface area contributed by atoms with Gasteiger partial charge in [0.15, 0.2) is 5.82 Å². The first kappa shape index (κ1) is 30.8. The number of aliphatic hydroxyl groups is 1. The molecule has 14 heteroatoms. The fraction of sp³-hybridized carbons (Fsp3) is 0.481. The topological polar surface area (TPSA) is 144 Å². The van der Waals surface area contributed by atoms with E-state index >= 15 is 0 Å². The van der Waals surface area contributed by atoms with E-state index in [0.29, 0.717) is 71.2 Å². The molecule has 0 radical (unpaired) electrons. The molecular formula is C27H34Cl2N6O6. The third-order valence-electron chi connectivity index (χ3n) is 6.42. The van der Waals surface area contributed by atoms with Crippen LogP contribution in [0.5, 0.6) is 5.75 Å². The Labute approximate surface area is 248 Å². The van der Waals surface area contributed by atoms with E-state index in [4.69, 9.17) is 51.9 Å². The first-order valence-electron chi connectivity index (χ1n) is 13.2. The van der Waals surface area contributed by atoms with E-state index in [1.54, 1.807) is 50.9 Å². The average molecular weight is 610 g/mol. The summed E-state index contributed by atoms with van der Waals surface area (Å²) in [6.07, 6.45) is -1.09. The van der Waals surface area contributed by atoms with Crippen molar-refractivity contribution >= 4 is 35.1 Å². The van der Waals surface area contributed by atoms with Crippen LogP contribution in [0.1, 0.15) is 18.4 Å². The Morgan fingerprint density at radius 3 is 2.80 bits per heavy atom. The van der Waals surface area contributed by atoms with Crippen LogP contribution >= 0.6 is 23.2 Å². The van der Waals surface area contributed by atoms with Crippen LogP contribution in [0.2, 0.25) is 10.0 Å². The fourth-order valence-corrected chi connectivity index (χ4v) is 4.86. The largest absolute Gasteiger partial charge is 0.491 e. The quantitative estimate of drug-likeness (QED) is 0.291. The Hall–Kier alpha value is -3.16. The van der Waals surface area contributed by atoms with Gasteiger partial charge in [-0.1, -0.05) is 28.4 Å². The standard InChI is InChI=1S/C27H34Cl2N6O6/c1-5-39-27(37)35-8-9-38-13-17(35)11-31-26-23(29)24(22-15(2)34-41-16(22)3)32-25(33-26)20-10-19(6-7-21(20)28)40-14-18(36)12-30-4/h6-7,10,17-18,30,36H,5,8-9,11-14H2,1-4H3,(H,31,32,33)/t17-,18+/m0/s1. The van der Waals surface area contributed by atoms with Gasteiger partial charge in [0.2, 0.25) is 0 Å². The molecule has 3 aromatic rings. The fourth-order valence-electron chi connectivity index (χ4n) is 4.41. The molecule has 3 heterocycles. The maximum Gasteiger partial charge on any atom is 0.410 e. The number of benzene rings is 1. The average Bonchev–Trinajstić information content (AvgIpc) is 3.29. The summed E-state index contributed by atoms with van der Waals surface area (Å²) in [5.74, 6) is 1.62. The molecule has 41 heavy (non-hydrogen) atoms. The number of hydrogen-bond donors (Lipinski definition) is 3. The highest BCUT2D eigenvalue weighted by Gasteiger charge is 2.29. The van der Waals surface area contributed by atoms with Crippen LogP contribution in [-0.2, 0) is 9.47 Å². The second kappa shape index (κ2) is 14.1. The summed E-state index contributed by atoms with van der Waals surface area (Å²) in [6, 6.07) is 4.77. The highest BCUT2D eigenvalue weighted by atomic mass is 35.5. The van der Waals surface area contributed by atoms with Gasteiger partial charge in [-0.3, -0.25) is 4.90 Å². The molecule has 0 unspecified atom stereocenters. The predicted octanol–water partition coefficient (Wildman–Crippen LogP) is 3.95. The monoisotopic (exact) mass is 608 g/mol. The smallest absolute Gasteiger partial charge is 0.410 e. The van der Waals surface area contributed by atoms with Gasteiger partial charge in [0.1, 0.15) is 40.8 Å². The van der Waals surface area contributed by atoms with Crippen LogP contribution in [0.25, 0.3) is 22.6 Å². The number of nitrogens with one attached hydrogen (secondary N) is 2. The maximum atomic E-state index is 12.5. The van der Waals surface area contributed by atoms with Crippen molar-refractivity contribution in [2.24, 2.45) is 0 Å². The minimum absolute atomic E-state index is 0.0843. The van der Waals surface area contributed by atoms with Crippen molar-refractivity contribution in [3.8, 4) is 28.4 Å². The molecule has 0 saturated carbocycles. The number of morpholine rings is 1. The van der Waals surface area contributed by atoms with E-state index in [1.807, 2.05) is 0 Å². The highest BCUT2D eigenvalue weighted by molar-refractivity contribution is 6.35. The second-order valence-corrected chi connectivity index (χ2v) is 10.2. The number of aliphatic hydroxyl groups excluding tert-OH is 1. The Kier molecular flexibility index (Phi) is 10.6. The van der Waals surface area contributed by atoms with Crippen LogP contribution in [0.4, 0.5) is 10.6 Å². The van der Waals surface area contributed by atoms with Crippen LogP contribution in [0.15, 0.2) is 22.7 Å². The van der Waals surface area contributed by atoms with Gasteiger partial charge in [-0.25, -0.2) is 14.8 Å². The molecule has 1 amide bonds. The molecule has 2 atom stereocenters. The molecular weight excluding hydrogens is 575 g/mol. The summed E-state index contributed by atoms with van der Waals surface area (Å²) in [5, 5.41) is 20.9. The van der Waals surface area contributed by atoms with Gasteiger partial charge >= 0.3 is 6.09 Å². The van der Waals surface area contributed by atoms with E-state index < -0.39 is 12.2 Å². The molecule has 222 valence electrons. The summed E-state index contributed by atoms with van der Waals surface area (Å²) < 4.78 is 22.0. The molecule has 0 bridgehead atoms. The molecule has 2 aromatic heterocycles. The molecule has 12 nitrogen and oxygen atoms in total. The summed E-state index contributed by atoms with van der Waals surface area (Å²) in [4.78, 5) is 23.6. The van der Waals surface area contributed by atoms with Gasteiger partial charge in [-0.15, -0.1) is 0 Å². The van der Waals surface area contributed by atoms with E-state index in [9.17, 15) is 9.90 Å². The van der Waals surface area contributed by atoms with Crippen molar-refractivity contribution in [2.45, 2.75) is 32.9 Å². The molecule has 1 aliphatic rings. The van der Waals surface area contributed by atoms with Crippen LogP contribution in [0, 0.1) is 13.8 Å². The lowest BCUT2D eigenvalue weighted by Crippen LogP contribution is -2.51. The Balaban J connectivity index is 1.70. The van der Waals surface area contributed by atoms with Gasteiger partial charge in [-0.2, -0.15) is 0 Å². The predicted molar refractivity (Wildman–Crippen MR) is 155 cm³/mol. The third-order valence-corrected chi connectivity index (χ3v) is 7.10. The molecule has 0 spiro atoms. The first-order chi connectivity index (χ1) is 19.7. The highest BCUT2D eigenvalue weighted by Crippen LogP contribution is 2.38. The summed E-state index contributed by atoms with van der Waals surface area (Å²) in [7, 11) is 1.75. The van der Waals surface area contributed by atoms with Gasteiger partial charge in [0.25, 0.3) is 0 Å². The molecule has 0 aliphatic carbocycles. The Bertz CT molecular complexity index is 1340.